The summed E-state index contributed by atoms with van der Waals surface area (Å²) in [7, 11) is 2.25. The highest BCUT2D eigenvalue weighted by Crippen LogP contribution is 2.23. The summed E-state index contributed by atoms with van der Waals surface area (Å²) in [6.07, 6.45) is 2.09. The molecule has 3 heteroatoms. The summed E-state index contributed by atoms with van der Waals surface area (Å²) >= 11 is 0. The second-order valence-corrected chi connectivity index (χ2v) is 7.79. The summed E-state index contributed by atoms with van der Waals surface area (Å²) in [6.45, 7) is 5.76. The quantitative estimate of drug-likeness (QED) is 0.806. The van der Waals surface area contributed by atoms with Gasteiger partial charge in [0.25, 0.3) is 0 Å². The second kappa shape index (κ2) is 8.03. The third kappa shape index (κ3) is 5.07. The van der Waals surface area contributed by atoms with Gasteiger partial charge in [0.1, 0.15) is 25.0 Å². The zero-order chi connectivity index (χ0) is 17.7. The average Bonchev–Trinajstić information content (AvgIpc) is 2.64. The maximum Gasteiger partial charge on any atom is 0.137 e. The highest BCUT2D eigenvalue weighted by Gasteiger charge is 2.30. The summed E-state index contributed by atoms with van der Waals surface area (Å²) in [5.41, 5.74) is 2.37. The number of aliphatic hydroxyl groups is 1. The van der Waals surface area contributed by atoms with Crippen LogP contribution in [0.25, 0.3) is 11.1 Å². The van der Waals surface area contributed by atoms with Crippen LogP contribution < -0.4 is 4.74 Å². The Morgan fingerprint density at radius 1 is 1.00 bits per heavy atom. The van der Waals surface area contributed by atoms with Crippen molar-refractivity contribution in [2.24, 2.45) is 5.92 Å². The summed E-state index contributed by atoms with van der Waals surface area (Å²) < 4.78 is 6.77. The fraction of sp³-hybridized carbons (Fsp3) is 0.455. The van der Waals surface area contributed by atoms with Crippen LogP contribution in [0.5, 0.6) is 5.75 Å². The fourth-order valence-corrected chi connectivity index (χ4v) is 3.63. The number of hydrogen-bond acceptors (Lipinski definition) is 2. The minimum atomic E-state index is -0.424. The predicted molar refractivity (Wildman–Crippen MR) is 103 cm³/mol. The first-order valence-corrected chi connectivity index (χ1v) is 9.34. The normalized spacial score (nSPS) is 24.7. The first-order chi connectivity index (χ1) is 12.0. The third-order valence-corrected chi connectivity index (χ3v) is 5.38. The van der Waals surface area contributed by atoms with E-state index < -0.39 is 6.10 Å². The molecule has 1 heterocycles. The lowest BCUT2D eigenvalue weighted by Gasteiger charge is -2.41. The van der Waals surface area contributed by atoms with E-state index in [0.29, 0.717) is 6.61 Å². The van der Waals surface area contributed by atoms with Gasteiger partial charge in [-0.15, -0.1) is 0 Å². The molecule has 2 aromatic rings. The van der Waals surface area contributed by atoms with Crippen LogP contribution in [0.3, 0.4) is 0 Å². The van der Waals surface area contributed by atoms with Crippen LogP contribution in [0.4, 0.5) is 0 Å². The van der Waals surface area contributed by atoms with E-state index >= 15 is 0 Å². The summed E-state index contributed by atoms with van der Waals surface area (Å²) in [5, 5.41) is 10.4. The van der Waals surface area contributed by atoms with Gasteiger partial charge in [0.2, 0.25) is 0 Å². The molecule has 25 heavy (non-hydrogen) atoms. The molecule has 1 atom stereocenters. The maximum atomic E-state index is 10.4. The van der Waals surface area contributed by atoms with Crippen LogP contribution in [0.2, 0.25) is 0 Å². The van der Waals surface area contributed by atoms with Gasteiger partial charge in [0, 0.05) is 0 Å². The number of likely N-dealkylation sites (N-methyl/N-ethyl adjacent to an activating group) is 1. The van der Waals surface area contributed by atoms with Crippen molar-refractivity contribution < 1.29 is 14.3 Å². The number of aliphatic hydroxyl groups excluding tert-OH is 1. The Kier molecular flexibility index (Phi) is 5.77. The molecule has 1 N–H and O–H groups in total. The van der Waals surface area contributed by atoms with E-state index in [1.807, 2.05) is 30.3 Å². The van der Waals surface area contributed by atoms with Crippen molar-refractivity contribution in [3.8, 4) is 16.9 Å². The maximum absolute atomic E-state index is 10.4. The van der Waals surface area contributed by atoms with Gasteiger partial charge in [-0.2, -0.15) is 0 Å². The van der Waals surface area contributed by atoms with Gasteiger partial charge in [-0.25, -0.2) is 0 Å². The van der Waals surface area contributed by atoms with Crippen LogP contribution >= 0.6 is 0 Å². The minimum absolute atomic E-state index is 0.355. The van der Waals surface area contributed by atoms with E-state index in [-0.39, 0.29) is 0 Å². The van der Waals surface area contributed by atoms with Crippen LogP contribution in [-0.4, -0.2) is 49.0 Å². The van der Waals surface area contributed by atoms with E-state index in [1.54, 1.807) is 0 Å². The smallest absolute Gasteiger partial charge is 0.137 e. The molecule has 1 aliphatic heterocycles. The topological polar surface area (TPSA) is 29.5 Å². The number of likely N-dealkylation sites (tertiary alicyclic amines) is 1. The Hall–Kier alpha value is -1.84. The molecule has 2 aromatic carbocycles. The molecule has 0 unspecified atom stereocenters. The van der Waals surface area contributed by atoms with Crippen molar-refractivity contribution in [1.82, 2.24) is 0 Å². The zero-order valence-corrected chi connectivity index (χ0v) is 15.4. The van der Waals surface area contributed by atoms with Crippen molar-refractivity contribution >= 4 is 0 Å². The SMILES string of the molecule is CC1CC[N+](C)(C[C@@H](O)COc2ccc(-c3ccccc3)cc2)CC1. The monoisotopic (exact) mass is 340 g/mol. The molecule has 1 aliphatic rings. The zero-order valence-electron chi connectivity index (χ0n) is 15.4. The molecule has 0 aliphatic carbocycles. The van der Waals surface area contributed by atoms with Gasteiger partial charge in [-0.05, 0) is 42.0 Å². The molecule has 3 rings (SSSR count). The number of benzene rings is 2. The lowest BCUT2D eigenvalue weighted by atomic mass is 9.97. The predicted octanol–water partition coefficient (Wildman–Crippen LogP) is 3.97. The minimum Gasteiger partial charge on any atom is -0.491 e. The number of piperidine rings is 1. The average molecular weight is 340 g/mol. The molecule has 1 fully saturated rings. The Bertz CT molecular complexity index is 645. The van der Waals surface area contributed by atoms with Crippen LogP contribution in [-0.2, 0) is 0 Å². The summed E-state index contributed by atoms with van der Waals surface area (Å²) in [5.74, 6) is 1.64. The number of rotatable bonds is 6. The van der Waals surface area contributed by atoms with Crippen LogP contribution in [0, 0.1) is 5.92 Å². The van der Waals surface area contributed by atoms with Gasteiger partial charge in [-0.1, -0.05) is 49.4 Å². The molecule has 0 radical (unpaired) electrons. The molecule has 0 saturated carbocycles. The van der Waals surface area contributed by atoms with Crippen molar-refractivity contribution in [1.29, 1.82) is 0 Å². The summed E-state index contributed by atoms with van der Waals surface area (Å²) in [4.78, 5) is 0. The van der Waals surface area contributed by atoms with Gasteiger partial charge in [-0.3, -0.25) is 0 Å². The van der Waals surface area contributed by atoms with Crippen LogP contribution in [0.15, 0.2) is 54.6 Å². The molecular formula is C22H30NO2+. The van der Waals surface area contributed by atoms with Crippen molar-refractivity contribution in [3.05, 3.63) is 54.6 Å². The van der Waals surface area contributed by atoms with Crippen molar-refractivity contribution in [3.63, 3.8) is 0 Å². The van der Waals surface area contributed by atoms with E-state index in [9.17, 15) is 5.11 Å². The number of hydrogen-bond donors (Lipinski definition) is 1. The Labute approximate surface area is 151 Å². The molecule has 0 amide bonds. The van der Waals surface area contributed by atoms with E-state index in [2.05, 4.69) is 38.2 Å². The van der Waals surface area contributed by atoms with Crippen LogP contribution in [0.1, 0.15) is 19.8 Å². The Morgan fingerprint density at radius 3 is 2.24 bits per heavy atom. The molecule has 134 valence electrons. The number of quaternary nitrogens is 1. The molecule has 1 saturated heterocycles. The first-order valence-electron chi connectivity index (χ1n) is 9.34. The Morgan fingerprint density at radius 2 is 1.60 bits per heavy atom. The van der Waals surface area contributed by atoms with E-state index in [0.717, 1.165) is 35.8 Å². The molecule has 0 spiro atoms. The fourth-order valence-electron chi connectivity index (χ4n) is 3.63. The molecular weight excluding hydrogens is 310 g/mol. The van der Waals surface area contributed by atoms with Crippen molar-refractivity contribution in [2.75, 3.05) is 33.3 Å². The van der Waals surface area contributed by atoms with Crippen molar-refractivity contribution in [2.45, 2.75) is 25.9 Å². The van der Waals surface area contributed by atoms with E-state index in [4.69, 9.17) is 4.74 Å². The standard InChI is InChI=1S/C22H30NO2/c1-18-12-14-23(2,15-13-18)16-21(24)17-25-22-10-8-20(9-11-22)19-6-4-3-5-7-19/h3-11,18,21,24H,12-17H2,1-2H3/q+1/t18?,21-,23?/m1/s1. The largest absolute Gasteiger partial charge is 0.491 e. The molecule has 0 aromatic heterocycles. The Balaban J connectivity index is 1.50. The number of ether oxygens (including phenoxy) is 1. The summed E-state index contributed by atoms with van der Waals surface area (Å²) in [6, 6.07) is 18.4. The second-order valence-electron chi connectivity index (χ2n) is 7.79. The van der Waals surface area contributed by atoms with Gasteiger partial charge in [0.05, 0.1) is 20.1 Å². The number of nitrogens with zero attached hydrogens (tertiary/aromatic N) is 1. The lowest BCUT2D eigenvalue weighted by molar-refractivity contribution is -0.918. The lowest BCUT2D eigenvalue weighted by Crippen LogP contribution is -2.54. The molecule has 3 nitrogen and oxygen atoms in total. The van der Waals surface area contributed by atoms with Gasteiger partial charge in [0.15, 0.2) is 0 Å². The first kappa shape index (κ1) is 18.0. The van der Waals surface area contributed by atoms with Gasteiger partial charge < -0.3 is 14.3 Å². The van der Waals surface area contributed by atoms with E-state index in [1.165, 1.54) is 24.0 Å². The highest BCUT2D eigenvalue weighted by atomic mass is 16.5. The molecule has 0 bridgehead atoms. The third-order valence-electron chi connectivity index (χ3n) is 5.38. The highest BCUT2D eigenvalue weighted by molar-refractivity contribution is 5.63. The van der Waals surface area contributed by atoms with Gasteiger partial charge >= 0.3 is 0 Å².